The van der Waals surface area contributed by atoms with Gasteiger partial charge in [-0.1, -0.05) is 13.8 Å². The third kappa shape index (κ3) is 3.01. The highest BCUT2D eigenvalue weighted by Gasteiger charge is 2.26. The average molecular weight is 184 g/mol. The van der Waals surface area contributed by atoms with Crippen LogP contribution in [-0.4, -0.2) is 8.32 Å². The van der Waals surface area contributed by atoms with E-state index in [4.69, 9.17) is 4.43 Å². The van der Waals surface area contributed by atoms with E-state index >= 15 is 0 Å². The highest BCUT2D eigenvalue weighted by Crippen LogP contribution is 2.36. The van der Waals surface area contributed by atoms with Crippen molar-refractivity contribution in [2.24, 2.45) is 5.41 Å². The second-order valence-electron chi connectivity index (χ2n) is 5.31. The Bertz CT molecular complexity index is 198. The summed E-state index contributed by atoms with van der Waals surface area (Å²) >= 11 is 0. The number of hydrogen-bond donors (Lipinski definition) is 0. The quantitative estimate of drug-likeness (QED) is 0.596. The summed E-state index contributed by atoms with van der Waals surface area (Å²) in [5.74, 6) is 1.24. The molecule has 0 aromatic rings. The van der Waals surface area contributed by atoms with Crippen molar-refractivity contribution in [3.63, 3.8) is 0 Å². The molecule has 0 N–H and O–H groups in total. The molecule has 2 heteroatoms. The molecule has 0 aliphatic heterocycles. The lowest BCUT2D eigenvalue weighted by Gasteiger charge is -2.19. The smallest absolute Gasteiger partial charge is 0.241 e. The maximum Gasteiger partial charge on any atom is 0.241 e. The monoisotopic (exact) mass is 184 g/mol. The number of allylic oxidation sites excluding steroid dienone is 2. The van der Waals surface area contributed by atoms with Crippen molar-refractivity contribution >= 4 is 8.32 Å². The average Bonchev–Trinajstić information content (AvgIpc) is 2.05. The second-order valence-corrected chi connectivity index (χ2v) is 9.74. The molecular weight excluding hydrogens is 164 g/mol. The Hall–Kier alpha value is -0.243. The van der Waals surface area contributed by atoms with Crippen molar-refractivity contribution in [1.29, 1.82) is 0 Å². The highest BCUT2D eigenvalue weighted by molar-refractivity contribution is 6.70. The van der Waals surface area contributed by atoms with Crippen molar-refractivity contribution in [3.05, 3.63) is 11.8 Å². The fourth-order valence-corrected chi connectivity index (χ4v) is 2.45. The Balaban J connectivity index is 2.57. The Morgan fingerprint density at radius 1 is 1.33 bits per heavy atom. The molecule has 12 heavy (non-hydrogen) atoms. The van der Waals surface area contributed by atoms with Gasteiger partial charge in [-0.15, -0.1) is 0 Å². The van der Waals surface area contributed by atoms with Gasteiger partial charge in [0.25, 0.3) is 0 Å². The number of hydrogen-bond acceptors (Lipinski definition) is 1. The van der Waals surface area contributed by atoms with Crippen molar-refractivity contribution in [1.82, 2.24) is 0 Å². The minimum atomic E-state index is -1.35. The Morgan fingerprint density at radius 3 is 2.25 bits per heavy atom. The van der Waals surface area contributed by atoms with Gasteiger partial charge in [0.1, 0.15) is 0 Å². The molecule has 0 heterocycles. The van der Waals surface area contributed by atoms with E-state index in [1.165, 1.54) is 12.2 Å². The minimum Gasteiger partial charge on any atom is -0.548 e. The van der Waals surface area contributed by atoms with Crippen molar-refractivity contribution in [2.75, 3.05) is 0 Å². The first-order valence-corrected chi connectivity index (χ1v) is 8.10. The van der Waals surface area contributed by atoms with Crippen LogP contribution in [0, 0.1) is 5.41 Å². The normalized spacial score (nSPS) is 22.2. The van der Waals surface area contributed by atoms with E-state index in [1.807, 2.05) is 0 Å². The van der Waals surface area contributed by atoms with Crippen LogP contribution in [0.3, 0.4) is 0 Å². The van der Waals surface area contributed by atoms with Crippen LogP contribution < -0.4 is 0 Å². The van der Waals surface area contributed by atoms with E-state index in [0.717, 1.165) is 6.42 Å². The standard InChI is InChI=1S/C10H20OSi/c1-10(2)7-6-9(8-10)11-12(3,4)5/h8H,6-7H2,1-5H3. The van der Waals surface area contributed by atoms with Crippen molar-refractivity contribution in [2.45, 2.75) is 46.3 Å². The van der Waals surface area contributed by atoms with Crippen LogP contribution in [0.15, 0.2) is 11.8 Å². The molecule has 1 nitrogen and oxygen atoms in total. The van der Waals surface area contributed by atoms with Crippen LogP contribution in [0.5, 0.6) is 0 Å². The molecule has 0 spiro atoms. The summed E-state index contributed by atoms with van der Waals surface area (Å²) in [7, 11) is -1.35. The molecule has 0 aromatic heterocycles. The third-order valence-corrected chi connectivity index (χ3v) is 2.88. The maximum absolute atomic E-state index is 5.93. The molecular formula is C10H20OSi. The maximum atomic E-state index is 5.93. The zero-order valence-electron chi connectivity index (χ0n) is 8.90. The molecule has 0 radical (unpaired) electrons. The van der Waals surface area contributed by atoms with E-state index in [0.29, 0.717) is 5.41 Å². The predicted molar refractivity (Wildman–Crippen MR) is 55.5 cm³/mol. The Morgan fingerprint density at radius 2 is 1.92 bits per heavy atom. The first kappa shape index (κ1) is 9.84. The summed E-state index contributed by atoms with van der Waals surface area (Å²) in [5, 5.41) is 0. The van der Waals surface area contributed by atoms with E-state index in [1.54, 1.807) is 0 Å². The fourth-order valence-electron chi connectivity index (χ4n) is 1.50. The van der Waals surface area contributed by atoms with Gasteiger partial charge < -0.3 is 4.43 Å². The molecule has 0 bridgehead atoms. The topological polar surface area (TPSA) is 9.23 Å². The van der Waals surface area contributed by atoms with Gasteiger partial charge in [0, 0.05) is 6.42 Å². The van der Waals surface area contributed by atoms with Gasteiger partial charge in [-0.3, -0.25) is 0 Å². The van der Waals surface area contributed by atoms with Gasteiger partial charge in [-0.2, -0.15) is 0 Å². The predicted octanol–water partition coefficient (Wildman–Crippen LogP) is 3.54. The van der Waals surface area contributed by atoms with Gasteiger partial charge in [-0.25, -0.2) is 0 Å². The first-order valence-electron chi connectivity index (χ1n) is 4.69. The summed E-state index contributed by atoms with van der Waals surface area (Å²) in [6, 6.07) is 0. The minimum absolute atomic E-state index is 0.370. The van der Waals surface area contributed by atoms with E-state index < -0.39 is 8.32 Å². The van der Waals surface area contributed by atoms with E-state index in [-0.39, 0.29) is 0 Å². The van der Waals surface area contributed by atoms with Crippen molar-refractivity contribution < 1.29 is 4.43 Å². The Labute approximate surface area is 76.9 Å². The van der Waals surface area contributed by atoms with Gasteiger partial charge in [0.05, 0.1) is 5.76 Å². The zero-order chi connectivity index (χ0) is 9.41. The van der Waals surface area contributed by atoms with Crippen LogP contribution in [-0.2, 0) is 4.43 Å². The van der Waals surface area contributed by atoms with Gasteiger partial charge in [0.15, 0.2) is 0 Å². The SMILES string of the molecule is CC1(C)C=C(O[Si](C)(C)C)CC1. The molecule has 0 amide bonds. The lowest BCUT2D eigenvalue weighted by atomic mass is 9.94. The summed E-state index contributed by atoms with van der Waals surface area (Å²) in [6.07, 6.45) is 4.68. The van der Waals surface area contributed by atoms with Crippen LogP contribution in [0.4, 0.5) is 0 Å². The fraction of sp³-hybridized carbons (Fsp3) is 0.800. The molecule has 70 valence electrons. The van der Waals surface area contributed by atoms with Gasteiger partial charge >= 0.3 is 0 Å². The largest absolute Gasteiger partial charge is 0.548 e. The lowest BCUT2D eigenvalue weighted by molar-refractivity contribution is 0.404. The van der Waals surface area contributed by atoms with Crippen LogP contribution in [0.25, 0.3) is 0 Å². The summed E-state index contributed by atoms with van der Waals surface area (Å²) < 4.78 is 5.93. The summed E-state index contributed by atoms with van der Waals surface area (Å²) in [5.41, 5.74) is 0.370. The lowest BCUT2D eigenvalue weighted by Crippen LogP contribution is -2.24. The number of rotatable bonds is 2. The molecule has 0 unspecified atom stereocenters. The van der Waals surface area contributed by atoms with Crippen LogP contribution >= 0.6 is 0 Å². The first-order chi connectivity index (χ1) is 5.29. The van der Waals surface area contributed by atoms with E-state index in [9.17, 15) is 0 Å². The van der Waals surface area contributed by atoms with Gasteiger partial charge in [0.2, 0.25) is 8.32 Å². The van der Waals surface area contributed by atoms with Crippen LogP contribution in [0.1, 0.15) is 26.7 Å². The molecule has 0 saturated heterocycles. The molecule has 1 rings (SSSR count). The van der Waals surface area contributed by atoms with E-state index in [2.05, 4.69) is 39.6 Å². The molecule has 0 aromatic carbocycles. The van der Waals surface area contributed by atoms with Gasteiger partial charge in [-0.05, 0) is 37.6 Å². The summed E-state index contributed by atoms with van der Waals surface area (Å²) in [6.45, 7) is 11.2. The molecule has 0 saturated carbocycles. The summed E-state index contributed by atoms with van der Waals surface area (Å²) in [4.78, 5) is 0. The highest BCUT2D eigenvalue weighted by atomic mass is 28.4. The second kappa shape index (κ2) is 2.91. The van der Waals surface area contributed by atoms with Crippen LogP contribution in [0.2, 0.25) is 19.6 Å². The molecule has 1 aliphatic rings. The molecule has 0 atom stereocenters. The Kier molecular flexibility index (Phi) is 2.39. The third-order valence-electron chi connectivity index (χ3n) is 2.00. The van der Waals surface area contributed by atoms with Crippen molar-refractivity contribution in [3.8, 4) is 0 Å². The molecule has 1 aliphatic carbocycles. The molecule has 0 fully saturated rings. The zero-order valence-corrected chi connectivity index (χ0v) is 9.90.